The van der Waals surface area contributed by atoms with Crippen molar-refractivity contribution in [1.29, 1.82) is 0 Å². The van der Waals surface area contributed by atoms with Crippen LogP contribution >= 0.6 is 19.0 Å². The average molecular weight is 209 g/mol. The van der Waals surface area contributed by atoms with Gasteiger partial charge in [-0.3, -0.25) is 4.57 Å². The third-order valence-electron chi connectivity index (χ3n) is 1.95. The van der Waals surface area contributed by atoms with E-state index in [2.05, 4.69) is 0 Å². The normalized spacial score (nSPS) is 36.2. The molecular weight excluding hydrogens is 195 g/mol. The summed E-state index contributed by atoms with van der Waals surface area (Å²) in [6.45, 7) is 4.36. The van der Waals surface area contributed by atoms with Crippen LogP contribution in [0.2, 0.25) is 0 Å². The van der Waals surface area contributed by atoms with Crippen molar-refractivity contribution >= 4 is 19.0 Å². The van der Waals surface area contributed by atoms with Crippen LogP contribution in [0, 0.1) is 5.92 Å². The van der Waals surface area contributed by atoms with E-state index in [9.17, 15) is 4.57 Å². The topological polar surface area (TPSA) is 26.3 Å². The van der Waals surface area contributed by atoms with Crippen molar-refractivity contribution in [2.45, 2.75) is 13.8 Å². The maximum atomic E-state index is 11.9. The zero-order chi connectivity index (χ0) is 9.19. The molecular formula is C8H14ClO2P. The van der Waals surface area contributed by atoms with Crippen LogP contribution in [0.5, 0.6) is 0 Å². The molecule has 0 saturated carbocycles. The van der Waals surface area contributed by atoms with Gasteiger partial charge < -0.3 is 4.52 Å². The van der Waals surface area contributed by atoms with Crippen LogP contribution in [0.4, 0.5) is 0 Å². The summed E-state index contributed by atoms with van der Waals surface area (Å²) >= 11 is 5.88. The highest BCUT2D eigenvalue weighted by Crippen LogP contribution is 2.52. The number of rotatable bonds is 2. The molecule has 1 aliphatic heterocycles. The summed E-state index contributed by atoms with van der Waals surface area (Å²) in [4.78, 5) is 0. The van der Waals surface area contributed by atoms with Crippen molar-refractivity contribution in [3.8, 4) is 0 Å². The Morgan fingerprint density at radius 2 is 2.50 bits per heavy atom. The summed E-state index contributed by atoms with van der Waals surface area (Å²) in [6.07, 6.45) is 2.92. The first-order valence-corrected chi connectivity index (χ1v) is 6.53. The molecule has 1 aliphatic rings. The van der Waals surface area contributed by atoms with Gasteiger partial charge in [-0.15, -0.1) is 0 Å². The Hall–Kier alpha value is 0.220. The lowest BCUT2D eigenvalue weighted by Crippen LogP contribution is -2.12. The second-order valence-corrected chi connectivity index (χ2v) is 6.14. The van der Waals surface area contributed by atoms with E-state index in [1.165, 1.54) is 0 Å². The molecule has 0 aliphatic carbocycles. The van der Waals surface area contributed by atoms with Gasteiger partial charge in [-0.2, -0.15) is 0 Å². The molecule has 12 heavy (non-hydrogen) atoms. The van der Waals surface area contributed by atoms with Crippen LogP contribution in [-0.2, 0) is 9.09 Å². The Labute approximate surface area is 78.4 Å². The van der Waals surface area contributed by atoms with Crippen molar-refractivity contribution < 1.29 is 9.09 Å². The predicted octanol–water partition coefficient (Wildman–Crippen LogP) is 3.07. The van der Waals surface area contributed by atoms with E-state index in [-0.39, 0.29) is 5.92 Å². The van der Waals surface area contributed by atoms with E-state index >= 15 is 0 Å². The second-order valence-electron chi connectivity index (χ2n) is 3.09. The van der Waals surface area contributed by atoms with Crippen LogP contribution in [0.25, 0.3) is 0 Å². The molecule has 0 saturated heterocycles. The molecule has 1 heterocycles. The maximum Gasteiger partial charge on any atom is 0.207 e. The third kappa shape index (κ3) is 2.35. The van der Waals surface area contributed by atoms with Gasteiger partial charge in [-0.25, -0.2) is 0 Å². The van der Waals surface area contributed by atoms with Crippen LogP contribution in [-0.4, -0.2) is 18.9 Å². The Morgan fingerprint density at radius 3 is 3.00 bits per heavy atom. The first-order valence-electron chi connectivity index (χ1n) is 4.15. The largest absolute Gasteiger partial charge is 0.329 e. The summed E-state index contributed by atoms with van der Waals surface area (Å²) in [7, 11) is -2.37. The first kappa shape index (κ1) is 10.3. The van der Waals surface area contributed by atoms with Crippen molar-refractivity contribution in [2.24, 2.45) is 5.92 Å². The Morgan fingerprint density at radius 1 is 1.83 bits per heavy atom. The monoisotopic (exact) mass is 208 g/mol. The van der Waals surface area contributed by atoms with E-state index in [1.54, 1.807) is 0 Å². The minimum absolute atomic E-state index is 0.192. The van der Waals surface area contributed by atoms with Gasteiger partial charge >= 0.3 is 0 Å². The number of halogens is 1. The first-order chi connectivity index (χ1) is 5.57. The van der Waals surface area contributed by atoms with E-state index in [1.807, 2.05) is 19.9 Å². The highest BCUT2D eigenvalue weighted by molar-refractivity contribution is 7.59. The quantitative estimate of drug-likeness (QED) is 0.652. The minimum atomic E-state index is -2.37. The number of hydrogen-bond acceptors (Lipinski definition) is 2. The second kappa shape index (κ2) is 3.95. The van der Waals surface area contributed by atoms with Gasteiger partial charge in [-0.05, 0) is 6.92 Å². The SMILES string of the molecule is CCOP1(=O)CC=C(Cl)C(C)C1. The lowest BCUT2D eigenvalue weighted by Gasteiger charge is -2.24. The van der Waals surface area contributed by atoms with Crippen molar-refractivity contribution in [2.75, 3.05) is 18.9 Å². The van der Waals surface area contributed by atoms with Crippen LogP contribution < -0.4 is 0 Å². The van der Waals surface area contributed by atoms with Gasteiger partial charge in [0.15, 0.2) is 0 Å². The molecule has 0 aromatic heterocycles. The lowest BCUT2D eigenvalue weighted by molar-refractivity contribution is 0.331. The fourth-order valence-electron chi connectivity index (χ4n) is 1.35. The van der Waals surface area contributed by atoms with Gasteiger partial charge in [0.2, 0.25) is 7.37 Å². The van der Waals surface area contributed by atoms with Crippen molar-refractivity contribution in [3.05, 3.63) is 11.1 Å². The van der Waals surface area contributed by atoms with Gasteiger partial charge in [0, 0.05) is 23.3 Å². The summed E-state index contributed by atoms with van der Waals surface area (Å²) in [6, 6.07) is 0. The number of allylic oxidation sites excluding steroid dienone is 2. The molecule has 1 rings (SSSR count). The average Bonchev–Trinajstić information content (AvgIpc) is 1.98. The van der Waals surface area contributed by atoms with Crippen LogP contribution in [0.3, 0.4) is 0 Å². The molecule has 0 aromatic rings. The van der Waals surface area contributed by atoms with Gasteiger partial charge in [0.25, 0.3) is 0 Å². The van der Waals surface area contributed by atoms with Crippen molar-refractivity contribution in [3.63, 3.8) is 0 Å². The smallest absolute Gasteiger partial charge is 0.207 e. The Balaban J connectivity index is 2.69. The highest BCUT2D eigenvalue weighted by atomic mass is 35.5. The zero-order valence-corrected chi connectivity index (χ0v) is 9.07. The van der Waals surface area contributed by atoms with Gasteiger partial charge in [0.1, 0.15) is 0 Å². The molecule has 2 nitrogen and oxygen atoms in total. The molecule has 2 unspecified atom stereocenters. The molecule has 0 fully saturated rings. The maximum absolute atomic E-state index is 11.9. The van der Waals surface area contributed by atoms with E-state index < -0.39 is 7.37 Å². The predicted molar refractivity (Wildman–Crippen MR) is 52.1 cm³/mol. The van der Waals surface area contributed by atoms with Gasteiger partial charge in [-0.1, -0.05) is 24.6 Å². The molecule has 0 radical (unpaired) electrons. The third-order valence-corrected chi connectivity index (χ3v) is 5.05. The standard InChI is InChI=1S/C8H14ClO2P/c1-3-11-12(10)5-4-8(9)7(2)6-12/h4,7H,3,5-6H2,1-2H3. The zero-order valence-electron chi connectivity index (χ0n) is 7.42. The molecule has 0 bridgehead atoms. The molecule has 0 spiro atoms. The van der Waals surface area contributed by atoms with E-state index in [4.69, 9.17) is 16.1 Å². The lowest BCUT2D eigenvalue weighted by atomic mass is 10.2. The molecule has 0 aromatic carbocycles. The van der Waals surface area contributed by atoms with E-state index in [0.717, 1.165) is 5.03 Å². The summed E-state index contributed by atoms with van der Waals surface area (Å²) < 4.78 is 17.1. The Kier molecular flexibility index (Phi) is 3.39. The molecule has 70 valence electrons. The highest BCUT2D eigenvalue weighted by Gasteiger charge is 2.29. The molecule has 0 amide bonds. The molecule has 4 heteroatoms. The molecule has 2 atom stereocenters. The minimum Gasteiger partial charge on any atom is -0.329 e. The van der Waals surface area contributed by atoms with Crippen LogP contribution in [0.15, 0.2) is 11.1 Å². The number of hydrogen-bond donors (Lipinski definition) is 0. The summed E-state index contributed by atoms with van der Waals surface area (Å²) in [5, 5.41) is 0.821. The van der Waals surface area contributed by atoms with Crippen molar-refractivity contribution in [1.82, 2.24) is 0 Å². The van der Waals surface area contributed by atoms with Gasteiger partial charge in [0.05, 0.1) is 6.61 Å². The summed E-state index contributed by atoms with van der Waals surface area (Å²) in [5.74, 6) is 0.192. The van der Waals surface area contributed by atoms with Crippen LogP contribution in [0.1, 0.15) is 13.8 Å². The fraction of sp³-hybridized carbons (Fsp3) is 0.750. The summed E-state index contributed by atoms with van der Waals surface area (Å²) in [5.41, 5.74) is 0. The fourth-order valence-corrected chi connectivity index (χ4v) is 4.05. The van der Waals surface area contributed by atoms with E-state index in [0.29, 0.717) is 18.9 Å². The molecule has 0 N–H and O–H groups in total. The Bertz CT molecular complexity index is 237.